The summed E-state index contributed by atoms with van der Waals surface area (Å²) in [7, 11) is 4.67. The number of carbonyl (C=O) groups excluding carboxylic acids is 1. The van der Waals surface area contributed by atoms with E-state index >= 15 is 0 Å². The fourth-order valence-corrected chi connectivity index (χ4v) is 3.52. The predicted molar refractivity (Wildman–Crippen MR) is 113 cm³/mol. The van der Waals surface area contributed by atoms with Gasteiger partial charge < -0.3 is 24.4 Å². The van der Waals surface area contributed by atoms with Gasteiger partial charge in [0.25, 0.3) is 0 Å². The monoisotopic (exact) mass is 399 g/mol. The molecule has 7 heteroatoms. The summed E-state index contributed by atoms with van der Waals surface area (Å²) in [6.45, 7) is 2.33. The summed E-state index contributed by atoms with van der Waals surface area (Å²) < 4.78 is 15.7. The average Bonchev–Trinajstić information content (AvgIpc) is 3.06. The lowest BCUT2D eigenvalue weighted by Gasteiger charge is -2.24. The third-order valence-electron chi connectivity index (χ3n) is 5.14. The fraction of sp³-hybridized carbons (Fsp3) is 0.455. The molecule has 0 spiro atoms. The molecule has 0 unspecified atom stereocenters. The Hall–Kier alpha value is -2.96. The Balaban J connectivity index is 1.83. The normalized spacial score (nSPS) is 14.1. The molecule has 0 atom stereocenters. The number of rotatable bonds is 7. The van der Waals surface area contributed by atoms with Gasteiger partial charge in [-0.15, -0.1) is 0 Å². The molecule has 2 heterocycles. The summed E-state index contributed by atoms with van der Waals surface area (Å²) in [5, 5.41) is 3.34. The highest BCUT2D eigenvalue weighted by Crippen LogP contribution is 2.27. The van der Waals surface area contributed by atoms with Crippen LogP contribution in [0.25, 0.3) is 0 Å². The molecule has 1 saturated heterocycles. The van der Waals surface area contributed by atoms with Crippen molar-refractivity contribution in [3.8, 4) is 11.5 Å². The van der Waals surface area contributed by atoms with Gasteiger partial charge in [-0.25, -0.2) is 9.78 Å². The van der Waals surface area contributed by atoms with Gasteiger partial charge in [0.15, 0.2) is 0 Å². The number of anilines is 2. The van der Waals surface area contributed by atoms with Crippen LogP contribution in [0.15, 0.2) is 30.3 Å². The first kappa shape index (κ1) is 20.8. The van der Waals surface area contributed by atoms with Gasteiger partial charge in [-0.1, -0.05) is 12.8 Å². The second-order valence-corrected chi connectivity index (χ2v) is 6.99. The van der Waals surface area contributed by atoms with E-state index in [-0.39, 0.29) is 5.97 Å². The Morgan fingerprint density at radius 3 is 2.45 bits per heavy atom. The SMILES string of the molecule is COC(=O)c1ccc(NCc2ccc(OC)cc2OC)nc1N1CCCCCC1. The van der Waals surface area contributed by atoms with E-state index in [4.69, 9.17) is 19.2 Å². The Kier molecular flexibility index (Phi) is 7.16. The maximum Gasteiger partial charge on any atom is 0.341 e. The zero-order valence-electron chi connectivity index (χ0n) is 17.4. The van der Waals surface area contributed by atoms with Crippen LogP contribution in [0.2, 0.25) is 0 Å². The average molecular weight is 399 g/mol. The van der Waals surface area contributed by atoms with E-state index in [1.807, 2.05) is 24.3 Å². The molecule has 1 fully saturated rings. The minimum Gasteiger partial charge on any atom is -0.497 e. The van der Waals surface area contributed by atoms with Crippen molar-refractivity contribution in [2.75, 3.05) is 44.6 Å². The van der Waals surface area contributed by atoms with Gasteiger partial charge in [-0.3, -0.25) is 0 Å². The number of esters is 1. The van der Waals surface area contributed by atoms with E-state index in [2.05, 4.69) is 10.2 Å². The van der Waals surface area contributed by atoms with Crippen LogP contribution in [0.1, 0.15) is 41.6 Å². The lowest BCUT2D eigenvalue weighted by atomic mass is 10.2. The van der Waals surface area contributed by atoms with E-state index in [0.717, 1.165) is 43.0 Å². The number of pyridine rings is 1. The van der Waals surface area contributed by atoms with E-state index in [1.54, 1.807) is 20.3 Å². The molecule has 1 aliphatic heterocycles. The number of nitrogens with one attached hydrogen (secondary N) is 1. The first-order valence-corrected chi connectivity index (χ1v) is 9.95. The van der Waals surface area contributed by atoms with Gasteiger partial charge >= 0.3 is 5.97 Å². The number of hydrogen-bond acceptors (Lipinski definition) is 7. The number of aromatic nitrogens is 1. The molecule has 0 saturated carbocycles. The van der Waals surface area contributed by atoms with Gasteiger partial charge in [0.2, 0.25) is 0 Å². The van der Waals surface area contributed by atoms with Crippen LogP contribution in [0.4, 0.5) is 11.6 Å². The van der Waals surface area contributed by atoms with E-state index < -0.39 is 0 Å². The van der Waals surface area contributed by atoms with Gasteiger partial charge in [-0.05, 0) is 37.1 Å². The molecule has 0 radical (unpaired) electrons. The molecule has 29 heavy (non-hydrogen) atoms. The molecule has 1 aromatic heterocycles. The molecule has 1 aromatic carbocycles. The summed E-state index contributed by atoms with van der Waals surface area (Å²) in [5.74, 6) is 2.52. The highest BCUT2D eigenvalue weighted by molar-refractivity contribution is 5.95. The number of methoxy groups -OCH3 is 3. The molecule has 2 aromatic rings. The highest BCUT2D eigenvalue weighted by Gasteiger charge is 2.20. The Bertz CT molecular complexity index is 833. The first-order chi connectivity index (χ1) is 14.2. The van der Waals surface area contributed by atoms with Crippen molar-refractivity contribution in [3.05, 3.63) is 41.5 Å². The lowest BCUT2D eigenvalue weighted by molar-refractivity contribution is 0.0601. The van der Waals surface area contributed by atoms with Crippen LogP contribution in [0.5, 0.6) is 11.5 Å². The van der Waals surface area contributed by atoms with Gasteiger partial charge in [-0.2, -0.15) is 0 Å². The summed E-state index contributed by atoms with van der Waals surface area (Å²) in [5.41, 5.74) is 1.49. The third-order valence-corrected chi connectivity index (χ3v) is 5.14. The molecular formula is C22H29N3O4. The quantitative estimate of drug-likeness (QED) is 0.708. The lowest BCUT2D eigenvalue weighted by Crippen LogP contribution is -2.27. The minimum atomic E-state index is -0.361. The van der Waals surface area contributed by atoms with Crippen molar-refractivity contribution in [1.82, 2.24) is 4.98 Å². The largest absolute Gasteiger partial charge is 0.497 e. The maximum atomic E-state index is 12.3. The Morgan fingerprint density at radius 2 is 1.79 bits per heavy atom. The molecule has 0 amide bonds. The third kappa shape index (κ3) is 5.10. The maximum absolute atomic E-state index is 12.3. The Labute approximate surface area is 172 Å². The van der Waals surface area contributed by atoms with Crippen molar-refractivity contribution in [3.63, 3.8) is 0 Å². The standard InChI is InChI=1S/C22H29N3O4/c1-27-17-9-8-16(19(14-17)28-2)15-23-20-11-10-18(22(26)29-3)21(24-20)25-12-6-4-5-7-13-25/h8-11,14H,4-7,12-13,15H2,1-3H3,(H,23,24). The summed E-state index contributed by atoms with van der Waals surface area (Å²) in [6.07, 6.45) is 4.62. The van der Waals surface area contributed by atoms with E-state index in [0.29, 0.717) is 23.7 Å². The molecule has 1 N–H and O–H groups in total. The van der Waals surface area contributed by atoms with Gasteiger partial charge in [0, 0.05) is 31.3 Å². The second-order valence-electron chi connectivity index (χ2n) is 6.99. The van der Waals surface area contributed by atoms with E-state index in [1.165, 1.54) is 20.0 Å². The zero-order valence-corrected chi connectivity index (χ0v) is 17.4. The second kappa shape index (κ2) is 10.0. The number of hydrogen-bond donors (Lipinski definition) is 1. The number of nitrogens with zero attached hydrogens (tertiary/aromatic N) is 2. The molecule has 0 bridgehead atoms. The van der Waals surface area contributed by atoms with Gasteiger partial charge in [0.05, 0.1) is 21.3 Å². The van der Waals surface area contributed by atoms with Gasteiger partial charge in [0.1, 0.15) is 28.7 Å². The number of benzene rings is 1. The number of carbonyl (C=O) groups is 1. The Morgan fingerprint density at radius 1 is 1.03 bits per heavy atom. The molecular weight excluding hydrogens is 370 g/mol. The van der Waals surface area contributed by atoms with Crippen LogP contribution in [0.3, 0.4) is 0 Å². The van der Waals surface area contributed by atoms with Crippen LogP contribution >= 0.6 is 0 Å². The summed E-state index contributed by atoms with van der Waals surface area (Å²) >= 11 is 0. The van der Waals surface area contributed by atoms with Crippen LogP contribution in [-0.4, -0.2) is 45.4 Å². The molecule has 0 aliphatic carbocycles. The number of ether oxygens (including phenoxy) is 3. The molecule has 156 valence electrons. The molecule has 7 nitrogen and oxygen atoms in total. The minimum absolute atomic E-state index is 0.361. The van der Waals surface area contributed by atoms with Crippen molar-refractivity contribution in [1.29, 1.82) is 0 Å². The topological polar surface area (TPSA) is 72.9 Å². The summed E-state index contributed by atoms with van der Waals surface area (Å²) in [6, 6.07) is 9.31. The van der Waals surface area contributed by atoms with Crippen LogP contribution in [0, 0.1) is 0 Å². The fourth-order valence-electron chi connectivity index (χ4n) is 3.52. The molecule has 3 rings (SSSR count). The smallest absolute Gasteiger partial charge is 0.341 e. The van der Waals surface area contributed by atoms with Crippen molar-refractivity contribution in [2.45, 2.75) is 32.2 Å². The zero-order chi connectivity index (χ0) is 20.6. The van der Waals surface area contributed by atoms with E-state index in [9.17, 15) is 4.79 Å². The van der Waals surface area contributed by atoms with Crippen molar-refractivity contribution < 1.29 is 19.0 Å². The molecule has 1 aliphatic rings. The van der Waals surface area contributed by atoms with Crippen molar-refractivity contribution in [2.24, 2.45) is 0 Å². The predicted octanol–water partition coefficient (Wildman–Crippen LogP) is 3.88. The van der Waals surface area contributed by atoms with Crippen LogP contribution < -0.4 is 19.7 Å². The van der Waals surface area contributed by atoms with Crippen LogP contribution in [-0.2, 0) is 11.3 Å². The highest BCUT2D eigenvalue weighted by atomic mass is 16.5. The van der Waals surface area contributed by atoms with Crippen molar-refractivity contribution >= 4 is 17.6 Å². The first-order valence-electron chi connectivity index (χ1n) is 9.95. The summed E-state index contributed by atoms with van der Waals surface area (Å²) in [4.78, 5) is 19.2.